The van der Waals surface area contributed by atoms with Gasteiger partial charge in [0, 0.05) is 38.3 Å². The Hall–Kier alpha value is -3.13. The Balaban J connectivity index is 1.63. The molecule has 32 heavy (non-hydrogen) atoms. The first-order valence-electron chi connectivity index (χ1n) is 11.7. The maximum Gasteiger partial charge on any atom is 0.330 e. The summed E-state index contributed by atoms with van der Waals surface area (Å²) in [4.78, 5) is 50.2. The van der Waals surface area contributed by atoms with Crippen molar-refractivity contribution in [1.82, 2.24) is 10.2 Å². The number of alkyl halides is 2. The Morgan fingerprint density at radius 3 is 2.66 bits per heavy atom. The summed E-state index contributed by atoms with van der Waals surface area (Å²) >= 11 is 5.70. The summed E-state index contributed by atoms with van der Waals surface area (Å²) in [5, 5.41) is 2.31. The van der Waals surface area contributed by atoms with Crippen LogP contribution in [0.15, 0.2) is 42.4 Å². The predicted molar refractivity (Wildman–Crippen MR) is 111 cm³/mol. The van der Waals surface area contributed by atoms with E-state index in [1.54, 1.807) is 0 Å². The average molecular weight is 465 g/mol. The van der Waals surface area contributed by atoms with Gasteiger partial charge < -0.3 is 4.90 Å². The number of carbonyl (C=O) groups excluding carboxylic acids is 4. The lowest BCUT2D eigenvalue weighted by Gasteiger charge is -2.29. The number of Topliss-reactive ketones (excluding diaryl/α,β-unsaturated/α-hetero) is 1. The van der Waals surface area contributed by atoms with Crippen LogP contribution in [0.1, 0.15) is 51.8 Å². The Morgan fingerprint density at radius 1 is 1.25 bits per heavy atom. The van der Waals surface area contributed by atoms with Crippen LogP contribution in [-0.2, 0) is 33.2 Å². The van der Waals surface area contributed by atoms with Crippen LogP contribution in [0.25, 0.3) is 0 Å². The molecule has 1 saturated heterocycles. The number of nitrogens with one attached hydrogen (secondary N) is 1. The number of ketones is 1. The molecule has 2 aromatic carbocycles. The van der Waals surface area contributed by atoms with Gasteiger partial charge in [0.15, 0.2) is 0 Å². The van der Waals surface area contributed by atoms with Crippen molar-refractivity contribution in [3.8, 4) is 0 Å². The van der Waals surface area contributed by atoms with Gasteiger partial charge in [0.05, 0.1) is 2.74 Å². The van der Waals surface area contributed by atoms with Crippen LogP contribution < -0.4 is 5.32 Å². The van der Waals surface area contributed by atoms with Crippen molar-refractivity contribution in [1.29, 1.82) is 0 Å². The summed E-state index contributed by atoms with van der Waals surface area (Å²) in [6.45, 7) is -0.266. The summed E-state index contributed by atoms with van der Waals surface area (Å²) in [5.74, 6) is -7.63. The van der Waals surface area contributed by atoms with Gasteiger partial charge in [-0.2, -0.15) is 8.78 Å². The molecule has 0 saturated carbocycles. The Kier molecular flexibility index (Phi) is 4.59. The van der Waals surface area contributed by atoms with E-state index in [-0.39, 0.29) is 35.5 Å². The Morgan fingerprint density at radius 2 is 1.97 bits per heavy atom. The third-order valence-corrected chi connectivity index (χ3v) is 5.60. The number of carbonyl (C=O) groups is 4. The van der Waals surface area contributed by atoms with Crippen molar-refractivity contribution in [2.75, 3.05) is 0 Å². The molecule has 0 radical (unpaired) electrons. The lowest BCUT2D eigenvalue weighted by molar-refractivity contribution is -0.144. The number of imide groups is 1. The summed E-state index contributed by atoms with van der Waals surface area (Å²) in [5.41, 5.74) is -1.37. The minimum absolute atomic E-state index is 0.00566. The van der Waals surface area contributed by atoms with Gasteiger partial charge in [0.25, 0.3) is 5.91 Å². The van der Waals surface area contributed by atoms with Crippen LogP contribution in [0.4, 0.5) is 8.78 Å². The number of benzene rings is 2. The van der Waals surface area contributed by atoms with E-state index in [4.69, 9.17) is 17.1 Å². The minimum Gasteiger partial charge on any atom is -0.322 e. The number of fused-ring (bicyclic) bond motifs is 1. The highest BCUT2D eigenvalue weighted by atomic mass is 35.5. The van der Waals surface area contributed by atoms with E-state index in [1.165, 1.54) is 12.1 Å². The molecular weight excluding hydrogens is 442 g/mol. The summed E-state index contributed by atoms with van der Waals surface area (Å²) in [7, 11) is 0. The van der Waals surface area contributed by atoms with Gasteiger partial charge in [0.2, 0.25) is 17.6 Å². The van der Waals surface area contributed by atoms with Crippen molar-refractivity contribution in [2.24, 2.45) is 0 Å². The second-order valence-corrected chi connectivity index (χ2v) is 7.88. The monoisotopic (exact) mass is 464 g/mol. The van der Waals surface area contributed by atoms with E-state index in [2.05, 4.69) is 5.32 Å². The first kappa shape index (κ1) is 17.4. The molecule has 0 bridgehead atoms. The molecule has 0 aromatic heterocycles. The molecule has 166 valence electrons. The highest BCUT2D eigenvalue weighted by Gasteiger charge is 2.41. The van der Waals surface area contributed by atoms with E-state index in [1.807, 2.05) is 0 Å². The molecule has 2 aromatic rings. The van der Waals surface area contributed by atoms with Gasteiger partial charge >= 0.3 is 5.92 Å². The van der Waals surface area contributed by atoms with E-state index < -0.39 is 71.5 Å². The maximum absolute atomic E-state index is 14.8. The summed E-state index contributed by atoms with van der Waals surface area (Å²) < 4.78 is 62.9. The lowest BCUT2D eigenvalue weighted by Crippen LogP contribution is -2.52. The number of hydrogen-bond acceptors (Lipinski definition) is 4. The van der Waals surface area contributed by atoms with Crippen LogP contribution >= 0.6 is 11.6 Å². The Bertz CT molecular complexity index is 1300. The fourth-order valence-electron chi connectivity index (χ4n) is 3.62. The number of amides is 3. The smallest absolute Gasteiger partial charge is 0.322 e. The predicted octanol–water partition coefficient (Wildman–Crippen LogP) is 3.39. The molecule has 9 heteroatoms. The molecule has 0 aliphatic carbocycles. The third kappa shape index (κ3) is 4.14. The van der Waals surface area contributed by atoms with Crippen molar-refractivity contribution in [3.05, 3.63) is 69.7 Å². The van der Waals surface area contributed by atoms with Gasteiger partial charge in [-0.1, -0.05) is 35.8 Å². The molecule has 1 fully saturated rings. The molecule has 4 rings (SSSR count). The first-order valence-corrected chi connectivity index (χ1v) is 10.1. The summed E-state index contributed by atoms with van der Waals surface area (Å²) in [6, 6.07) is 3.08. The molecule has 1 unspecified atom stereocenters. The molecule has 2 aliphatic rings. The van der Waals surface area contributed by atoms with Gasteiger partial charge in [-0.05, 0) is 42.1 Å². The molecular formula is C23H19ClF2N2O4. The number of hydrogen-bond donors (Lipinski definition) is 1. The largest absolute Gasteiger partial charge is 0.330 e. The zero-order valence-electron chi connectivity index (χ0n) is 20.5. The molecule has 2 heterocycles. The highest BCUT2D eigenvalue weighted by Crippen LogP contribution is 2.32. The number of piperidine rings is 1. The molecule has 3 amide bonds. The van der Waals surface area contributed by atoms with E-state index in [0.29, 0.717) is 0 Å². The second-order valence-electron chi connectivity index (χ2n) is 7.44. The van der Waals surface area contributed by atoms with E-state index in [9.17, 15) is 28.0 Å². The zero-order chi connectivity index (χ0) is 26.6. The van der Waals surface area contributed by atoms with Crippen LogP contribution in [0.5, 0.6) is 0 Å². The van der Waals surface area contributed by atoms with Crippen molar-refractivity contribution >= 4 is 35.1 Å². The normalized spacial score (nSPS) is 20.8. The minimum atomic E-state index is -4.04. The number of nitrogens with zero attached hydrogens (tertiary/aromatic N) is 1. The van der Waals surface area contributed by atoms with Crippen LogP contribution in [0.3, 0.4) is 0 Å². The number of rotatable bonds is 6. The molecule has 1 atom stereocenters. The molecule has 0 spiro atoms. The topological polar surface area (TPSA) is 83.6 Å². The van der Waals surface area contributed by atoms with Crippen LogP contribution in [-0.4, -0.2) is 34.4 Å². The fraction of sp³-hybridized carbons (Fsp3) is 0.304. The highest BCUT2D eigenvalue weighted by molar-refractivity contribution is 6.30. The standard InChI is InChI=1S/C23H19ClF2N2O4/c24-16-5-3-15(4-6-16)23(25,26)19(29)9-2-13-1-7-17-14(11-13)12-28(22(17)32)18-8-10-20(30)27-21(18)31/h1,3-7,11,18H,2,8-10,12H2,(H,27,30,31)/i1D,2D2,11D. The third-order valence-electron chi connectivity index (χ3n) is 5.35. The van der Waals surface area contributed by atoms with Crippen LogP contribution in [0, 0.1) is 0 Å². The average Bonchev–Trinajstić information content (AvgIpc) is 3.10. The maximum atomic E-state index is 14.8. The lowest BCUT2D eigenvalue weighted by atomic mass is 9.97. The van der Waals surface area contributed by atoms with E-state index in [0.717, 1.165) is 23.1 Å². The van der Waals surface area contributed by atoms with Crippen molar-refractivity contribution in [2.45, 2.75) is 44.1 Å². The molecule has 6 nitrogen and oxygen atoms in total. The van der Waals surface area contributed by atoms with Gasteiger partial charge in [-0.3, -0.25) is 24.5 Å². The molecule has 2 aliphatic heterocycles. The fourth-order valence-corrected chi connectivity index (χ4v) is 3.75. The Labute approximate surface area is 193 Å². The first-order chi connectivity index (χ1) is 16.7. The van der Waals surface area contributed by atoms with Gasteiger partial charge in [-0.25, -0.2) is 0 Å². The van der Waals surface area contributed by atoms with Crippen LogP contribution in [0.2, 0.25) is 5.02 Å². The quantitative estimate of drug-likeness (QED) is 0.664. The SMILES string of the molecule is [2H]c1cc2c(c([2H])c1C([2H])([2H])CC(=O)C(F)(F)c1ccc(Cl)cc1)CN(C1CCC(=O)NC1=O)C2=O. The van der Waals surface area contributed by atoms with E-state index >= 15 is 0 Å². The van der Waals surface area contributed by atoms with Gasteiger partial charge in [-0.15, -0.1) is 0 Å². The zero-order valence-corrected chi connectivity index (χ0v) is 17.3. The van der Waals surface area contributed by atoms with Gasteiger partial charge in [0.1, 0.15) is 6.04 Å². The molecule has 1 N–H and O–H groups in total. The van der Waals surface area contributed by atoms with Crippen molar-refractivity contribution < 1.29 is 33.4 Å². The summed E-state index contributed by atoms with van der Waals surface area (Å²) in [6.07, 6.45) is -4.09. The second kappa shape index (κ2) is 8.43. The number of halogens is 3. The van der Waals surface area contributed by atoms with Crippen molar-refractivity contribution in [3.63, 3.8) is 0 Å².